The van der Waals surface area contributed by atoms with Crippen LogP contribution >= 0.6 is 23.4 Å². The topological polar surface area (TPSA) is 80.4 Å². The quantitative estimate of drug-likeness (QED) is 0.238. The summed E-state index contributed by atoms with van der Waals surface area (Å²) < 4.78 is 21.4. The highest BCUT2D eigenvalue weighted by molar-refractivity contribution is 8.00. The van der Waals surface area contributed by atoms with Crippen LogP contribution in [0.25, 0.3) is 16.9 Å². The molecule has 0 saturated carbocycles. The predicted octanol–water partition coefficient (Wildman–Crippen LogP) is 6.41. The van der Waals surface area contributed by atoms with Crippen LogP contribution in [0, 0.1) is 5.82 Å². The highest BCUT2D eigenvalue weighted by Crippen LogP contribution is 2.49. The van der Waals surface area contributed by atoms with Crippen LogP contribution in [0.3, 0.4) is 0 Å². The van der Waals surface area contributed by atoms with E-state index in [-0.39, 0.29) is 36.5 Å². The zero-order valence-electron chi connectivity index (χ0n) is 21.7. The van der Waals surface area contributed by atoms with Crippen LogP contribution in [0.15, 0.2) is 102 Å². The van der Waals surface area contributed by atoms with Crippen molar-refractivity contribution < 1.29 is 18.4 Å². The number of carbonyl (C=O) groups is 2. The minimum Gasteiger partial charge on any atom is -0.467 e. The number of hydrogen-bond acceptors (Lipinski definition) is 5. The molecule has 6 rings (SSSR count). The molecule has 7 nitrogen and oxygen atoms in total. The van der Waals surface area contributed by atoms with Gasteiger partial charge in [0.15, 0.2) is 0 Å². The van der Waals surface area contributed by atoms with Gasteiger partial charge in [0.25, 0.3) is 0 Å². The number of benzene rings is 3. The van der Waals surface area contributed by atoms with Crippen LogP contribution in [0.5, 0.6) is 0 Å². The molecule has 1 N–H and O–H groups in total. The minimum absolute atomic E-state index is 0.0675. The largest absolute Gasteiger partial charge is 0.467 e. The maximum Gasteiger partial charge on any atom is 0.240 e. The van der Waals surface area contributed by atoms with Crippen molar-refractivity contribution in [3.63, 3.8) is 0 Å². The van der Waals surface area contributed by atoms with E-state index in [1.54, 1.807) is 35.0 Å². The second-order valence-corrected chi connectivity index (χ2v) is 10.9. The fraction of sp³-hybridized carbons (Fsp3) is 0.129. The Hall–Kier alpha value is -4.34. The van der Waals surface area contributed by atoms with Gasteiger partial charge in [-0.2, -0.15) is 5.10 Å². The third-order valence-electron chi connectivity index (χ3n) is 6.71. The first kappa shape index (κ1) is 26.9. The molecule has 0 radical (unpaired) electrons. The first-order valence-corrected chi connectivity index (χ1v) is 14.3. The number of nitrogens with zero attached hydrogens (tertiary/aromatic N) is 3. The maximum absolute atomic E-state index is 14.5. The van der Waals surface area contributed by atoms with Gasteiger partial charge in [-0.05, 0) is 42.0 Å². The maximum atomic E-state index is 14.5. The molecule has 5 aromatic rings. The smallest absolute Gasteiger partial charge is 0.240 e. The lowest BCUT2D eigenvalue weighted by Crippen LogP contribution is -2.42. The molecule has 0 saturated heterocycles. The first-order chi connectivity index (χ1) is 20.0. The van der Waals surface area contributed by atoms with E-state index < -0.39 is 5.25 Å². The molecule has 0 fully saturated rings. The number of hydrogen-bond donors (Lipinski definition) is 1. The average molecular weight is 587 g/mol. The molecule has 0 spiro atoms. The summed E-state index contributed by atoms with van der Waals surface area (Å²) >= 11 is 8.03. The van der Waals surface area contributed by atoms with Crippen LogP contribution in [0.4, 0.5) is 10.2 Å². The van der Waals surface area contributed by atoms with Crippen molar-refractivity contribution in [3.8, 4) is 16.9 Å². The lowest BCUT2D eigenvalue weighted by molar-refractivity contribution is -0.123. The van der Waals surface area contributed by atoms with E-state index in [0.717, 1.165) is 5.56 Å². The second-order valence-electron chi connectivity index (χ2n) is 9.40. The molecule has 3 aromatic carbocycles. The van der Waals surface area contributed by atoms with Gasteiger partial charge in [-0.15, -0.1) is 11.8 Å². The average Bonchev–Trinajstić information content (AvgIpc) is 3.61. The Bertz CT molecular complexity index is 1710. The van der Waals surface area contributed by atoms with Crippen LogP contribution in [-0.2, 0) is 16.1 Å². The van der Waals surface area contributed by atoms with Crippen LogP contribution in [0.1, 0.15) is 22.1 Å². The third-order valence-corrected chi connectivity index (χ3v) is 8.28. The van der Waals surface area contributed by atoms with Crippen LogP contribution < -0.4 is 10.2 Å². The molecule has 3 heterocycles. The van der Waals surface area contributed by atoms with E-state index in [9.17, 15) is 14.0 Å². The van der Waals surface area contributed by atoms with Gasteiger partial charge in [0.1, 0.15) is 23.9 Å². The van der Waals surface area contributed by atoms with Crippen molar-refractivity contribution in [2.45, 2.75) is 11.8 Å². The summed E-state index contributed by atoms with van der Waals surface area (Å²) in [6.45, 7) is -0.0756. The lowest BCUT2D eigenvalue weighted by atomic mass is 9.99. The van der Waals surface area contributed by atoms with Gasteiger partial charge in [0.05, 0.1) is 40.2 Å². The van der Waals surface area contributed by atoms with Crippen LogP contribution in [0.2, 0.25) is 5.02 Å². The summed E-state index contributed by atoms with van der Waals surface area (Å²) in [5.41, 5.74) is 3.35. The summed E-state index contributed by atoms with van der Waals surface area (Å²) in [6.07, 6.45) is 1.53. The first-order valence-electron chi connectivity index (χ1n) is 12.9. The summed E-state index contributed by atoms with van der Waals surface area (Å²) in [7, 11) is 0. The lowest BCUT2D eigenvalue weighted by Gasteiger charge is -2.23. The highest BCUT2D eigenvalue weighted by Gasteiger charge is 2.38. The normalized spacial score (nSPS) is 14.9. The Morgan fingerprint density at radius 1 is 1.05 bits per heavy atom. The summed E-state index contributed by atoms with van der Waals surface area (Å²) in [4.78, 5) is 28.4. The van der Waals surface area contributed by atoms with Gasteiger partial charge < -0.3 is 9.73 Å². The minimum atomic E-state index is -0.452. The molecule has 1 unspecified atom stereocenters. The number of nitrogens with one attached hydrogen (secondary N) is 1. The van der Waals surface area contributed by atoms with Crippen molar-refractivity contribution in [3.05, 3.63) is 125 Å². The molecule has 1 aliphatic rings. The van der Waals surface area contributed by atoms with Crippen molar-refractivity contribution in [2.24, 2.45) is 0 Å². The number of para-hydroxylation sites is 1. The summed E-state index contributed by atoms with van der Waals surface area (Å²) in [6, 6.07) is 26.6. The van der Waals surface area contributed by atoms with E-state index in [1.807, 2.05) is 48.5 Å². The monoisotopic (exact) mass is 586 g/mol. The number of aromatic nitrogens is 2. The molecule has 1 aliphatic heterocycles. The number of anilines is 1. The summed E-state index contributed by atoms with van der Waals surface area (Å²) in [5.74, 6) is 0.0380. The van der Waals surface area contributed by atoms with Gasteiger partial charge in [-0.25, -0.2) is 9.07 Å². The number of amides is 2. The van der Waals surface area contributed by atoms with E-state index in [0.29, 0.717) is 39.1 Å². The molecule has 206 valence electrons. The van der Waals surface area contributed by atoms with Gasteiger partial charge in [-0.3, -0.25) is 14.5 Å². The highest BCUT2D eigenvalue weighted by atomic mass is 35.5. The molecule has 41 heavy (non-hydrogen) atoms. The molecule has 10 heteroatoms. The van der Waals surface area contributed by atoms with Crippen molar-refractivity contribution in [1.82, 2.24) is 15.1 Å². The third kappa shape index (κ3) is 5.51. The molecule has 0 aliphatic carbocycles. The zero-order chi connectivity index (χ0) is 28.3. The van der Waals surface area contributed by atoms with E-state index in [1.165, 1.54) is 35.1 Å². The van der Waals surface area contributed by atoms with Crippen molar-refractivity contribution in [1.29, 1.82) is 0 Å². The number of carbonyl (C=O) groups excluding carboxylic acids is 2. The Balaban J connectivity index is 1.55. The standard InChI is InChI=1S/C31H24ClFN4O3S/c32-24-13-4-5-14-25(24)37-31-28(29(35-37)20-8-2-1-3-9-20)30(21-10-6-11-22(33)16-21)41-19-27(39)36(31)18-26(38)34-17-23-12-7-15-40-23/h1-16,30H,17-19H2,(H,34,38). The van der Waals surface area contributed by atoms with Crippen molar-refractivity contribution >= 4 is 41.0 Å². The molecule has 2 amide bonds. The summed E-state index contributed by atoms with van der Waals surface area (Å²) in [5, 5.41) is 7.79. The number of halogens is 2. The predicted molar refractivity (Wildman–Crippen MR) is 158 cm³/mol. The van der Waals surface area contributed by atoms with E-state index in [4.69, 9.17) is 21.1 Å². The zero-order valence-corrected chi connectivity index (χ0v) is 23.2. The van der Waals surface area contributed by atoms with E-state index >= 15 is 0 Å². The Labute approximate surface area is 244 Å². The van der Waals surface area contributed by atoms with Gasteiger partial charge >= 0.3 is 0 Å². The van der Waals surface area contributed by atoms with E-state index in [2.05, 4.69) is 5.32 Å². The second kappa shape index (κ2) is 11.6. The number of rotatable bonds is 7. The van der Waals surface area contributed by atoms with Gasteiger partial charge in [0.2, 0.25) is 11.8 Å². The van der Waals surface area contributed by atoms with Crippen LogP contribution in [-0.4, -0.2) is 33.9 Å². The molecule has 0 bridgehead atoms. The fourth-order valence-electron chi connectivity index (χ4n) is 4.85. The number of furan rings is 1. The van der Waals surface area contributed by atoms with Gasteiger partial charge in [-0.1, -0.05) is 66.2 Å². The Kier molecular flexibility index (Phi) is 7.63. The molecule has 1 atom stereocenters. The molecule has 2 aromatic heterocycles. The number of fused-ring (bicyclic) bond motifs is 1. The molecular formula is C31H24ClFN4O3S. The van der Waals surface area contributed by atoms with Gasteiger partial charge in [0, 0.05) is 11.1 Å². The Morgan fingerprint density at radius 3 is 2.61 bits per heavy atom. The Morgan fingerprint density at radius 2 is 1.85 bits per heavy atom. The fourth-order valence-corrected chi connectivity index (χ4v) is 6.25. The molecular weight excluding hydrogens is 563 g/mol. The van der Waals surface area contributed by atoms with Crippen molar-refractivity contribution in [2.75, 3.05) is 17.2 Å². The number of thioether (sulfide) groups is 1. The SMILES string of the molecule is O=C(CN1C(=O)CSC(c2cccc(F)c2)c2c(-c3ccccc3)nn(-c3ccccc3Cl)c21)NCc1ccco1.